The van der Waals surface area contributed by atoms with Gasteiger partial charge in [-0.15, -0.1) is 0 Å². The van der Waals surface area contributed by atoms with Crippen LogP contribution in [0, 0.1) is 11.4 Å². The molecule has 0 radical (unpaired) electrons. The summed E-state index contributed by atoms with van der Waals surface area (Å²) in [6, 6.07) is 2.90. The third-order valence-corrected chi connectivity index (χ3v) is 2.04. The first-order valence-electron chi connectivity index (χ1n) is 4.28. The Hall–Kier alpha value is -0.960. The molecule has 0 spiro atoms. The van der Waals surface area contributed by atoms with Crippen LogP contribution in [0.4, 0.5) is 4.39 Å². The average Bonchev–Trinajstić information content (AvgIpc) is 2.03. The maximum absolute atomic E-state index is 12.5. The van der Waals surface area contributed by atoms with E-state index in [0.29, 0.717) is 0 Å². The Balaban J connectivity index is 2.90. The third kappa shape index (κ3) is 2.49. The van der Waals surface area contributed by atoms with Crippen LogP contribution < -0.4 is 5.73 Å². The van der Waals surface area contributed by atoms with E-state index in [-0.39, 0.29) is 11.5 Å². The van der Waals surface area contributed by atoms with E-state index < -0.39 is 5.95 Å². The van der Waals surface area contributed by atoms with Gasteiger partial charge in [-0.05, 0) is 17.0 Å². The van der Waals surface area contributed by atoms with E-state index in [1.54, 1.807) is 6.07 Å². The molecule has 72 valence electrons. The lowest BCUT2D eigenvalue weighted by Crippen LogP contribution is -2.26. The second-order valence-corrected chi connectivity index (χ2v) is 4.26. The van der Waals surface area contributed by atoms with Crippen LogP contribution in [0.3, 0.4) is 0 Å². The summed E-state index contributed by atoms with van der Waals surface area (Å²) >= 11 is 0. The van der Waals surface area contributed by atoms with E-state index in [9.17, 15) is 4.39 Å². The minimum Gasteiger partial charge on any atom is -0.323 e. The van der Waals surface area contributed by atoms with Crippen molar-refractivity contribution >= 4 is 0 Å². The van der Waals surface area contributed by atoms with E-state index in [4.69, 9.17) is 5.73 Å². The SMILES string of the molecule is CC(C)(C)[C@H](N)c1ccc(F)nc1. The van der Waals surface area contributed by atoms with Crippen LogP contribution in [-0.2, 0) is 0 Å². The fourth-order valence-corrected chi connectivity index (χ4v) is 1.07. The Morgan fingerprint density at radius 1 is 1.38 bits per heavy atom. The van der Waals surface area contributed by atoms with Gasteiger partial charge in [-0.25, -0.2) is 4.98 Å². The molecule has 2 N–H and O–H groups in total. The Bertz CT molecular complexity index is 274. The summed E-state index contributed by atoms with van der Waals surface area (Å²) in [5.41, 5.74) is 6.80. The van der Waals surface area contributed by atoms with Gasteiger partial charge in [-0.2, -0.15) is 4.39 Å². The predicted octanol–water partition coefficient (Wildman–Crippen LogP) is 2.27. The summed E-state index contributed by atoms with van der Waals surface area (Å²) in [6.45, 7) is 6.13. The molecular weight excluding hydrogens is 167 g/mol. The Morgan fingerprint density at radius 3 is 2.38 bits per heavy atom. The van der Waals surface area contributed by atoms with Gasteiger partial charge in [0.2, 0.25) is 5.95 Å². The van der Waals surface area contributed by atoms with Gasteiger partial charge in [0.15, 0.2) is 0 Å². The third-order valence-electron chi connectivity index (χ3n) is 2.04. The largest absolute Gasteiger partial charge is 0.323 e. The molecule has 0 aromatic carbocycles. The number of aromatic nitrogens is 1. The molecule has 0 bridgehead atoms. The van der Waals surface area contributed by atoms with Crippen molar-refractivity contribution in [2.24, 2.45) is 11.1 Å². The molecule has 0 aliphatic heterocycles. The molecule has 1 rings (SSSR count). The standard InChI is InChI=1S/C10H15FN2/c1-10(2,3)9(12)7-4-5-8(11)13-6-7/h4-6,9H,12H2,1-3H3/t9-/m1/s1. The smallest absolute Gasteiger partial charge is 0.212 e. The van der Waals surface area contributed by atoms with Gasteiger partial charge >= 0.3 is 0 Å². The zero-order valence-electron chi connectivity index (χ0n) is 8.21. The molecule has 2 nitrogen and oxygen atoms in total. The second-order valence-electron chi connectivity index (χ2n) is 4.26. The summed E-state index contributed by atoms with van der Waals surface area (Å²) in [4.78, 5) is 3.57. The van der Waals surface area contributed by atoms with Gasteiger partial charge in [0, 0.05) is 12.2 Å². The highest BCUT2D eigenvalue weighted by atomic mass is 19.1. The monoisotopic (exact) mass is 182 g/mol. The summed E-state index contributed by atoms with van der Waals surface area (Å²) < 4.78 is 12.5. The first-order valence-corrected chi connectivity index (χ1v) is 4.28. The quantitative estimate of drug-likeness (QED) is 0.676. The lowest BCUT2D eigenvalue weighted by atomic mass is 9.84. The van der Waals surface area contributed by atoms with Crippen molar-refractivity contribution in [2.75, 3.05) is 0 Å². The van der Waals surface area contributed by atoms with Crippen LogP contribution in [0.2, 0.25) is 0 Å². The number of hydrogen-bond donors (Lipinski definition) is 1. The lowest BCUT2D eigenvalue weighted by molar-refractivity contribution is 0.326. The van der Waals surface area contributed by atoms with Crippen molar-refractivity contribution in [2.45, 2.75) is 26.8 Å². The molecule has 1 atom stereocenters. The van der Waals surface area contributed by atoms with Gasteiger partial charge in [-0.3, -0.25) is 0 Å². The van der Waals surface area contributed by atoms with Gasteiger partial charge in [0.25, 0.3) is 0 Å². The van der Waals surface area contributed by atoms with Crippen LogP contribution in [-0.4, -0.2) is 4.98 Å². The summed E-state index contributed by atoms with van der Waals surface area (Å²) in [6.07, 6.45) is 1.49. The fraction of sp³-hybridized carbons (Fsp3) is 0.500. The van der Waals surface area contributed by atoms with E-state index >= 15 is 0 Å². The Labute approximate surface area is 78.0 Å². The molecular formula is C10H15FN2. The highest BCUT2D eigenvalue weighted by molar-refractivity contribution is 5.15. The van der Waals surface area contributed by atoms with Crippen LogP contribution in [0.25, 0.3) is 0 Å². The maximum Gasteiger partial charge on any atom is 0.212 e. The molecule has 1 heterocycles. The lowest BCUT2D eigenvalue weighted by Gasteiger charge is -2.26. The van der Waals surface area contributed by atoms with E-state index in [2.05, 4.69) is 4.98 Å². The minimum atomic E-state index is -0.468. The van der Waals surface area contributed by atoms with Crippen LogP contribution >= 0.6 is 0 Å². The van der Waals surface area contributed by atoms with Crippen LogP contribution in [0.5, 0.6) is 0 Å². The molecule has 13 heavy (non-hydrogen) atoms. The molecule has 1 aromatic rings. The van der Waals surface area contributed by atoms with Gasteiger partial charge in [-0.1, -0.05) is 26.8 Å². The predicted molar refractivity (Wildman–Crippen MR) is 50.6 cm³/mol. The number of nitrogens with zero attached hydrogens (tertiary/aromatic N) is 1. The molecule has 0 saturated heterocycles. The van der Waals surface area contributed by atoms with E-state index in [1.165, 1.54) is 12.3 Å². The first kappa shape index (κ1) is 10.1. The molecule has 0 aliphatic rings. The number of rotatable bonds is 1. The highest BCUT2D eigenvalue weighted by Crippen LogP contribution is 2.29. The van der Waals surface area contributed by atoms with Crippen LogP contribution in [0.1, 0.15) is 32.4 Å². The van der Waals surface area contributed by atoms with Crippen molar-refractivity contribution in [1.29, 1.82) is 0 Å². The van der Waals surface area contributed by atoms with Crippen molar-refractivity contribution in [3.05, 3.63) is 29.8 Å². The van der Waals surface area contributed by atoms with E-state index in [0.717, 1.165) is 5.56 Å². The summed E-state index contributed by atoms with van der Waals surface area (Å²) in [7, 11) is 0. The summed E-state index contributed by atoms with van der Waals surface area (Å²) in [5.74, 6) is -0.468. The molecule has 1 aromatic heterocycles. The molecule has 0 unspecified atom stereocenters. The normalized spacial score (nSPS) is 14.2. The Morgan fingerprint density at radius 2 is 2.00 bits per heavy atom. The van der Waals surface area contributed by atoms with Crippen molar-refractivity contribution in [1.82, 2.24) is 4.98 Å². The minimum absolute atomic E-state index is 0.0283. The molecule has 3 heteroatoms. The van der Waals surface area contributed by atoms with Crippen molar-refractivity contribution in [3.8, 4) is 0 Å². The number of halogens is 1. The van der Waals surface area contributed by atoms with Gasteiger partial charge < -0.3 is 5.73 Å². The van der Waals surface area contributed by atoms with E-state index in [1.807, 2.05) is 20.8 Å². The number of hydrogen-bond acceptors (Lipinski definition) is 2. The zero-order chi connectivity index (χ0) is 10.1. The topological polar surface area (TPSA) is 38.9 Å². The molecule has 0 fully saturated rings. The maximum atomic E-state index is 12.5. The molecule has 0 aliphatic carbocycles. The molecule has 0 amide bonds. The van der Waals surface area contributed by atoms with Crippen LogP contribution in [0.15, 0.2) is 18.3 Å². The average molecular weight is 182 g/mol. The zero-order valence-corrected chi connectivity index (χ0v) is 8.21. The highest BCUT2D eigenvalue weighted by Gasteiger charge is 2.22. The number of pyridine rings is 1. The number of nitrogens with two attached hydrogens (primary N) is 1. The first-order chi connectivity index (χ1) is 5.91. The van der Waals surface area contributed by atoms with Crippen molar-refractivity contribution < 1.29 is 4.39 Å². The Kier molecular flexibility index (Phi) is 2.66. The summed E-state index contributed by atoms with van der Waals surface area (Å²) in [5, 5.41) is 0. The van der Waals surface area contributed by atoms with Gasteiger partial charge in [0.1, 0.15) is 0 Å². The second kappa shape index (κ2) is 3.42. The van der Waals surface area contributed by atoms with Crippen molar-refractivity contribution in [3.63, 3.8) is 0 Å². The van der Waals surface area contributed by atoms with Gasteiger partial charge in [0.05, 0.1) is 0 Å². The molecule has 0 saturated carbocycles. The fourth-order valence-electron chi connectivity index (χ4n) is 1.07.